The molecule has 0 radical (unpaired) electrons. The number of carbonyl (C=O) groups is 1. The molecule has 150 valence electrons. The van der Waals surface area contributed by atoms with E-state index in [1.165, 1.54) is 10.8 Å². The zero-order valence-corrected chi connectivity index (χ0v) is 16.9. The predicted octanol–water partition coefficient (Wildman–Crippen LogP) is 3.91. The number of amides is 1. The van der Waals surface area contributed by atoms with Gasteiger partial charge in [-0.1, -0.05) is 42.5 Å². The van der Waals surface area contributed by atoms with Gasteiger partial charge in [-0.3, -0.25) is 4.90 Å². The SMILES string of the molecule is CC(C)(C)OC(=O)N1C2COCC1CC(O)(Cc1ccc3ccccc3c1)C2. The van der Waals surface area contributed by atoms with Crippen LogP contribution in [0, 0.1) is 0 Å². The van der Waals surface area contributed by atoms with Crippen molar-refractivity contribution < 1.29 is 19.4 Å². The summed E-state index contributed by atoms with van der Waals surface area (Å²) in [5, 5.41) is 13.8. The Hall–Kier alpha value is -2.11. The number of aliphatic hydroxyl groups is 1. The summed E-state index contributed by atoms with van der Waals surface area (Å²) in [6.45, 7) is 6.50. The van der Waals surface area contributed by atoms with E-state index in [-0.39, 0.29) is 18.2 Å². The van der Waals surface area contributed by atoms with Gasteiger partial charge < -0.3 is 14.6 Å². The summed E-state index contributed by atoms with van der Waals surface area (Å²) in [5.74, 6) is 0. The van der Waals surface area contributed by atoms with Gasteiger partial charge in [-0.2, -0.15) is 0 Å². The lowest BCUT2D eigenvalue weighted by atomic mass is 9.77. The number of fused-ring (bicyclic) bond motifs is 3. The summed E-state index contributed by atoms with van der Waals surface area (Å²) in [5.41, 5.74) is -0.267. The van der Waals surface area contributed by atoms with Gasteiger partial charge in [-0.15, -0.1) is 0 Å². The zero-order chi connectivity index (χ0) is 19.9. The molecule has 2 aliphatic heterocycles. The van der Waals surface area contributed by atoms with Crippen LogP contribution in [-0.2, 0) is 15.9 Å². The zero-order valence-electron chi connectivity index (χ0n) is 16.9. The van der Waals surface area contributed by atoms with Crippen LogP contribution in [0.5, 0.6) is 0 Å². The highest BCUT2D eigenvalue weighted by Crippen LogP contribution is 2.37. The summed E-state index contributed by atoms with van der Waals surface area (Å²) in [6, 6.07) is 14.3. The molecule has 0 aromatic heterocycles. The van der Waals surface area contributed by atoms with Crippen molar-refractivity contribution in [2.75, 3.05) is 13.2 Å². The smallest absolute Gasteiger partial charge is 0.410 e. The maximum absolute atomic E-state index is 12.7. The van der Waals surface area contributed by atoms with Crippen LogP contribution in [0.2, 0.25) is 0 Å². The summed E-state index contributed by atoms with van der Waals surface area (Å²) in [6.07, 6.45) is 1.26. The molecule has 4 rings (SSSR count). The van der Waals surface area contributed by atoms with Gasteiger partial charge in [-0.05, 0) is 49.9 Å². The average Bonchev–Trinajstić information content (AvgIpc) is 2.59. The highest BCUT2D eigenvalue weighted by atomic mass is 16.6. The number of ether oxygens (including phenoxy) is 2. The number of carbonyl (C=O) groups excluding carboxylic acids is 1. The van der Waals surface area contributed by atoms with E-state index in [1.807, 2.05) is 32.9 Å². The van der Waals surface area contributed by atoms with Gasteiger partial charge in [0.25, 0.3) is 0 Å². The first-order valence-corrected chi connectivity index (χ1v) is 10.0. The van der Waals surface area contributed by atoms with Gasteiger partial charge in [0.1, 0.15) is 5.60 Å². The highest BCUT2D eigenvalue weighted by molar-refractivity contribution is 5.83. The van der Waals surface area contributed by atoms with E-state index in [4.69, 9.17) is 9.47 Å². The average molecular weight is 383 g/mol. The number of piperidine rings is 1. The van der Waals surface area contributed by atoms with E-state index < -0.39 is 11.2 Å². The number of hydrogen-bond acceptors (Lipinski definition) is 4. The van der Waals surface area contributed by atoms with Crippen molar-refractivity contribution in [2.24, 2.45) is 0 Å². The summed E-state index contributed by atoms with van der Waals surface area (Å²) in [4.78, 5) is 14.5. The molecule has 2 aliphatic rings. The molecule has 2 aromatic rings. The molecular formula is C23H29NO4. The number of hydrogen-bond donors (Lipinski definition) is 1. The van der Waals surface area contributed by atoms with E-state index >= 15 is 0 Å². The van der Waals surface area contributed by atoms with Gasteiger partial charge in [-0.25, -0.2) is 4.79 Å². The summed E-state index contributed by atoms with van der Waals surface area (Å²) < 4.78 is 11.3. The highest BCUT2D eigenvalue weighted by Gasteiger charge is 2.49. The Morgan fingerprint density at radius 1 is 1.14 bits per heavy atom. The van der Waals surface area contributed by atoms with Gasteiger partial charge in [0.2, 0.25) is 0 Å². The standard InChI is InChI=1S/C23H29NO4/c1-22(2,3)28-21(25)24-19-12-23(26,13-20(24)15-27-14-19)11-16-8-9-17-6-4-5-7-18(17)10-16/h4-10,19-20,26H,11-15H2,1-3H3. The third-order valence-electron chi connectivity index (χ3n) is 5.59. The van der Waals surface area contributed by atoms with Crippen molar-refractivity contribution in [1.82, 2.24) is 4.90 Å². The molecule has 2 saturated heterocycles. The van der Waals surface area contributed by atoms with Crippen LogP contribution < -0.4 is 0 Å². The van der Waals surface area contributed by atoms with E-state index in [9.17, 15) is 9.90 Å². The molecule has 2 atom stereocenters. The second-order valence-corrected chi connectivity index (χ2v) is 9.22. The number of nitrogens with zero attached hydrogens (tertiary/aromatic N) is 1. The van der Waals surface area contributed by atoms with E-state index in [2.05, 4.69) is 30.3 Å². The van der Waals surface area contributed by atoms with E-state index in [1.54, 1.807) is 4.90 Å². The molecule has 5 nitrogen and oxygen atoms in total. The fourth-order valence-electron chi connectivity index (χ4n) is 4.56. The van der Waals surface area contributed by atoms with Crippen LogP contribution in [-0.4, -0.2) is 52.6 Å². The molecule has 0 aliphatic carbocycles. The third-order valence-corrected chi connectivity index (χ3v) is 5.59. The first-order valence-electron chi connectivity index (χ1n) is 10.0. The first kappa shape index (κ1) is 19.2. The molecule has 28 heavy (non-hydrogen) atoms. The normalized spacial score (nSPS) is 27.6. The van der Waals surface area contributed by atoms with Crippen LogP contribution in [0.15, 0.2) is 42.5 Å². The molecule has 0 saturated carbocycles. The predicted molar refractivity (Wildman–Crippen MR) is 108 cm³/mol. The van der Waals surface area contributed by atoms with Crippen molar-refractivity contribution in [3.63, 3.8) is 0 Å². The van der Waals surface area contributed by atoms with Crippen LogP contribution in [0.4, 0.5) is 4.79 Å². The number of benzene rings is 2. The third kappa shape index (κ3) is 4.01. The largest absolute Gasteiger partial charge is 0.444 e. The van der Waals surface area contributed by atoms with Gasteiger partial charge >= 0.3 is 6.09 Å². The molecule has 2 bridgehead atoms. The molecule has 2 aromatic carbocycles. The Balaban J connectivity index is 1.52. The van der Waals surface area contributed by atoms with E-state index in [0.717, 1.165) is 5.56 Å². The molecule has 1 N–H and O–H groups in total. The lowest BCUT2D eigenvalue weighted by molar-refractivity contribution is -0.137. The minimum absolute atomic E-state index is 0.159. The lowest BCUT2D eigenvalue weighted by Gasteiger charge is -2.51. The molecule has 1 amide bonds. The maximum atomic E-state index is 12.7. The number of rotatable bonds is 2. The van der Waals surface area contributed by atoms with Crippen LogP contribution >= 0.6 is 0 Å². The van der Waals surface area contributed by atoms with Crippen molar-refractivity contribution in [2.45, 2.75) is 63.3 Å². The quantitative estimate of drug-likeness (QED) is 0.854. The maximum Gasteiger partial charge on any atom is 0.410 e. The van der Waals surface area contributed by atoms with Gasteiger partial charge in [0.15, 0.2) is 0 Å². The second kappa shape index (κ2) is 7.05. The summed E-state index contributed by atoms with van der Waals surface area (Å²) in [7, 11) is 0. The lowest BCUT2D eigenvalue weighted by Crippen LogP contribution is -2.64. The minimum atomic E-state index is -0.847. The topological polar surface area (TPSA) is 59.0 Å². The van der Waals surface area contributed by atoms with Crippen molar-refractivity contribution >= 4 is 16.9 Å². The van der Waals surface area contributed by atoms with Crippen molar-refractivity contribution in [3.8, 4) is 0 Å². The summed E-state index contributed by atoms with van der Waals surface area (Å²) >= 11 is 0. The first-order chi connectivity index (χ1) is 13.2. The van der Waals surface area contributed by atoms with Crippen LogP contribution in [0.25, 0.3) is 10.8 Å². The van der Waals surface area contributed by atoms with Gasteiger partial charge in [0.05, 0.1) is 30.9 Å². The Labute approximate surface area is 166 Å². The van der Waals surface area contributed by atoms with Crippen molar-refractivity contribution in [1.29, 1.82) is 0 Å². The van der Waals surface area contributed by atoms with Crippen LogP contribution in [0.3, 0.4) is 0 Å². The second-order valence-electron chi connectivity index (χ2n) is 9.22. The molecule has 5 heteroatoms. The molecule has 2 fully saturated rings. The molecule has 2 unspecified atom stereocenters. The van der Waals surface area contributed by atoms with Gasteiger partial charge in [0, 0.05) is 6.42 Å². The fraction of sp³-hybridized carbons (Fsp3) is 0.522. The Bertz CT molecular complexity index is 858. The van der Waals surface area contributed by atoms with E-state index in [0.29, 0.717) is 32.5 Å². The molecule has 2 heterocycles. The molecule has 0 spiro atoms. The number of morpholine rings is 1. The fourth-order valence-corrected chi connectivity index (χ4v) is 4.56. The molecular weight excluding hydrogens is 354 g/mol. The Morgan fingerprint density at radius 2 is 1.79 bits per heavy atom. The Kier molecular flexibility index (Phi) is 4.84. The van der Waals surface area contributed by atoms with Crippen LogP contribution in [0.1, 0.15) is 39.2 Å². The monoisotopic (exact) mass is 383 g/mol. The van der Waals surface area contributed by atoms with Crippen molar-refractivity contribution in [3.05, 3.63) is 48.0 Å². The minimum Gasteiger partial charge on any atom is -0.444 e. The Morgan fingerprint density at radius 3 is 2.43 bits per heavy atom.